The molecule has 0 bridgehead atoms. The summed E-state index contributed by atoms with van der Waals surface area (Å²) in [6.07, 6.45) is 3.04. The van der Waals surface area contributed by atoms with Crippen LogP contribution in [0, 0.1) is 0 Å². The number of hydrogen-bond donors (Lipinski definition) is 0. The topological polar surface area (TPSA) is 27.7 Å². The Labute approximate surface area is 113 Å². The molecule has 0 fully saturated rings. The minimum absolute atomic E-state index is 0.00813. The Hall–Kier alpha value is 0.679. The molecule has 0 heterocycles. The molecule has 17 heavy (non-hydrogen) atoms. The molecule has 0 spiro atoms. The summed E-state index contributed by atoms with van der Waals surface area (Å²) >= 11 is -3.41. The molecule has 4 heteroatoms. The first-order chi connectivity index (χ1) is 7.93. The van der Waals surface area contributed by atoms with Crippen LogP contribution in [0.15, 0.2) is 0 Å². The van der Waals surface area contributed by atoms with Crippen LogP contribution < -0.4 is 0 Å². The average molecular weight is 353 g/mol. The summed E-state index contributed by atoms with van der Waals surface area (Å²) in [6, 6.07) is 0. The summed E-state index contributed by atoms with van der Waals surface area (Å²) in [7, 11) is 0. The van der Waals surface area contributed by atoms with E-state index in [1.807, 2.05) is 0 Å². The van der Waals surface area contributed by atoms with E-state index in [1.165, 1.54) is 0 Å². The fourth-order valence-corrected chi connectivity index (χ4v) is 9.95. The van der Waals surface area contributed by atoms with Gasteiger partial charge in [-0.1, -0.05) is 0 Å². The van der Waals surface area contributed by atoms with Gasteiger partial charge in [-0.2, -0.15) is 0 Å². The molecule has 0 aromatic heterocycles. The van der Waals surface area contributed by atoms with E-state index >= 15 is 0 Å². The molecule has 0 rings (SSSR count). The van der Waals surface area contributed by atoms with Crippen molar-refractivity contribution in [2.45, 2.75) is 64.2 Å². The molecule has 0 saturated heterocycles. The second kappa shape index (κ2) is 8.72. The fourth-order valence-electron chi connectivity index (χ4n) is 1.48. The molecule has 0 radical (unpaired) electrons. The molecule has 0 aliphatic carbocycles. The molecular weight excluding hydrogens is 323 g/mol. The molecule has 0 aliphatic heterocycles. The molecule has 0 aromatic carbocycles. The normalized spacial score (nSPS) is 13.1. The van der Waals surface area contributed by atoms with Gasteiger partial charge in [0.2, 0.25) is 0 Å². The molecule has 0 unspecified atom stereocenters. The molecule has 3 nitrogen and oxygen atoms in total. The zero-order valence-electron chi connectivity index (χ0n) is 12.5. The van der Waals surface area contributed by atoms with Gasteiger partial charge < -0.3 is 0 Å². The third-order valence-electron chi connectivity index (χ3n) is 2.41. The Bertz CT molecular complexity index is 168. The third-order valence-corrected chi connectivity index (χ3v) is 12.7. The Morgan fingerprint density at radius 1 is 0.706 bits per heavy atom. The van der Waals surface area contributed by atoms with Crippen molar-refractivity contribution in [3.8, 4) is 0 Å². The van der Waals surface area contributed by atoms with Gasteiger partial charge in [-0.15, -0.1) is 0 Å². The van der Waals surface area contributed by atoms with Gasteiger partial charge in [0, 0.05) is 0 Å². The van der Waals surface area contributed by atoms with Crippen molar-refractivity contribution < 1.29 is 9.22 Å². The Balaban J connectivity index is 4.78. The summed E-state index contributed by atoms with van der Waals surface area (Å²) in [5.74, 6) is 0. The van der Waals surface area contributed by atoms with Crippen LogP contribution in [-0.4, -0.2) is 39.4 Å². The van der Waals surface area contributed by atoms with Gasteiger partial charge in [-0.25, -0.2) is 0 Å². The third kappa shape index (κ3) is 5.90. The predicted octanol–water partition coefficient (Wildman–Crippen LogP) is 4.01. The molecule has 0 N–H and O–H groups in total. The van der Waals surface area contributed by atoms with E-state index in [9.17, 15) is 0 Å². The summed E-state index contributed by atoms with van der Waals surface area (Å²) in [5.41, 5.74) is 0. The number of hydrogen-bond acceptors (Lipinski definition) is 3. The van der Waals surface area contributed by atoms with Crippen LogP contribution in [0.1, 0.15) is 60.8 Å². The van der Waals surface area contributed by atoms with Gasteiger partial charge in [-0.05, 0) is 0 Å². The zero-order valence-corrected chi connectivity index (χ0v) is 15.3. The van der Waals surface area contributed by atoms with Crippen LogP contribution in [0.4, 0.5) is 0 Å². The van der Waals surface area contributed by atoms with E-state index in [0.717, 1.165) is 39.1 Å². The molecule has 104 valence electrons. The summed E-state index contributed by atoms with van der Waals surface area (Å²) < 4.78 is 18.3. The first kappa shape index (κ1) is 17.7. The zero-order chi connectivity index (χ0) is 13.4. The molecule has 0 aromatic rings. The van der Waals surface area contributed by atoms with Crippen molar-refractivity contribution in [3.05, 3.63) is 0 Å². The van der Waals surface area contributed by atoms with Crippen molar-refractivity contribution in [1.29, 1.82) is 0 Å². The predicted molar refractivity (Wildman–Crippen MR) is 74.2 cm³/mol. The van der Waals surface area contributed by atoms with E-state index in [1.54, 1.807) is 0 Å². The van der Waals surface area contributed by atoms with E-state index in [0.29, 0.717) is 0 Å². The molecule has 0 amide bonds. The van der Waals surface area contributed by atoms with Gasteiger partial charge >= 0.3 is 113 Å². The Morgan fingerprint density at radius 3 is 1.18 bits per heavy atom. The van der Waals surface area contributed by atoms with Crippen LogP contribution >= 0.6 is 0 Å². The quantitative estimate of drug-likeness (QED) is 0.587. The minimum atomic E-state index is -3.41. The molecule has 0 aliphatic rings. The van der Waals surface area contributed by atoms with Crippen molar-refractivity contribution in [3.63, 3.8) is 0 Å². The van der Waals surface area contributed by atoms with Crippen molar-refractivity contribution >= 4 is 19.6 Å². The fraction of sp³-hybridized carbons (Fsp3) is 1.00. The second-order valence-electron chi connectivity index (χ2n) is 5.35. The van der Waals surface area contributed by atoms with Gasteiger partial charge in [-0.3, -0.25) is 0 Å². The first-order valence-electron chi connectivity index (χ1n) is 6.85. The summed E-state index contributed by atoms with van der Waals surface area (Å²) in [5, 5.41) is 0. The summed E-state index contributed by atoms with van der Waals surface area (Å²) in [4.78, 5) is 0. The van der Waals surface area contributed by atoms with Gasteiger partial charge in [0.1, 0.15) is 0 Å². The van der Waals surface area contributed by atoms with Crippen molar-refractivity contribution in [2.24, 2.45) is 0 Å². The molecule has 0 atom stereocenters. The van der Waals surface area contributed by atoms with Gasteiger partial charge in [0.05, 0.1) is 0 Å². The van der Waals surface area contributed by atoms with E-state index in [-0.39, 0.29) is 3.43 Å². The van der Waals surface area contributed by atoms with Crippen LogP contribution in [0.2, 0.25) is 3.43 Å². The van der Waals surface area contributed by atoms with Crippen LogP contribution in [0.25, 0.3) is 0 Å². The molecule has 0 saturated carbocycles. The van der Waals surface area contributed by atoms with E-state index in [2.05, 4.69) is 41.5 Å². The van der Waals surface area contributed by atoms with Crippen LogP contribution in [0.5, 0.6) is 0 Å². The SMILES string of the molecule is CCC[O][Sn]([O]CCC)([O]CCC)[C](C)(C)C. The summed E-state index contributed by atoms with van der Waals surface area (Å²) in [6.45, 7) is 15.2. The molecular formula is C13H30O3Sn. The van der Waals surface area contributed by atoms with E-state index in [4.69, 9.17) is 9.22 Å². The van der Waals surface area contributed by atoms with E-state index < -0.39 is 19.6 Å². The van der Waals surface area contributed by atoms with Crippen molar-refractivity contribution in [1.82, 2.24) is 0 Å². The Kier molecular flexibility index (Phi) is 9.07. The van der Waals surface area contributed by atoms with Crippen LogP contribution in [0.3, 0.4) is 0 Å². The second-order valence-corrected chi connectivity index (χ2v) is 15.3. The van der Waals surface area contributed by atoms with Gasteiger partial charge in [0.25, 0.3) is 0 Å². The Morgan fingerprint density at radius 2 is 1.00 bits per heavy atom. The maximum atomic E-state index is 6.11. The van der Waals surface area contributed by atoms with Crippen LogP contribution in [-0.2, 0) is 9.22 Å². The maximum absolute atomic E-state index is 6.11. The van der Waals surface area contributed by atoms with Crippen molar-refractivity contribution in [2.75, 3.05) is 19.8 Å². The number of rotatable bonds is 9. The monoisotopic (exact) mass is 354 g/mol. The first-order valence-corrected chi connectivity index (χ1v) is 11.8. The average Bonchev–Trinajstić information content (AvgIpc) is 2.27. The van der Waals surface area contributed by atoms with Gasteiger partial charge in [0.15, 0.2) is 0 Å². The standard InChI is InChI=1S/C4H9.3C3H7O.Sn/c1-4(2)3;3*1-2-3-4;/h1-3H3;3*2-3H2,1H3;/q;3*-1;+3.